The van der Waals surface area contributed by atoms with Gasteiger partial charge in [-0.3, -0.25) is 0 Å². The van der Waals surface area contributed by atoms with E-state index in [2.05, 4.69) is 0 Å². The largest absolute Gasteiger partial charge is 0.506 e. The predicted molar refractivity (Wildman–Crippen MR) is 102 cm³/mol. The summed E-state index contributed by atoms with van der Waals surface area (Å²) in [6, 6.07) is 14.9. The molecule has 3 aromatic rings. The molecule has 5 nitrogen and oxygen atoms in total. The quantitative estimate of drug-likeness (QED) is 0.696. The first-order chi connectivity index (χ1) is 13.1. The van der Waals surface area contributed by atoms with Gasteiger partial charge in [-0.1, -0.05) is 42.5 Å². The van der Waals surface area contributed by atoms with Crippen molar-refractivity contribution in [3.8, 4) is 17.2 Å². The van der Waals surface area contributed by atoms with E-state index in [0.717, 1.165) is 16.7 Å². The molecule has 3 aromatic carbocycles. The molecule has 0 saturated carbocycles. The number of rotatable bonds is 3. The number of hydrogen-bond acceptors (Lipinski definition) is 5. The highest BCUT2D eigenvalue weighted by Gasteiger charge is 2.28. The number of fused-ring (bicyclic) bond motifs is 3. The number of benzene rings is 3. The number of hydrogen-bond donors (Lipinski definition) is 1. The minimum absolute atomic E-state index is 0.104. The number of phenols is 1. The molecular weight excluding hydrogens is 344 g/mol. The fourth-order valence-corrected chi connectivity index (χ4v) is 3.33. The molecule has 0 bridgehead atoms. The Hall–Kier alpha value is -3.47. The zero-order chi connectivity index (χ0) is 19.0. The molecule has 0 aromatic heterocycles. The van der Waals surface area contributed by atoms with Crippen molar-refractivity contribution in [2.75, 3.05) is 14.2 Å². The molecule has 5 heteroatoms. The number of ether oxygens (including phenoxy) is 3. The molecule has 1 aliphatic rings. The Kier molecular flexibility index (Phi) is 4.20. The van der Waals surface area contributed by atoms with Gasteiger partial charge in [-0.25, -0.2) is 4.79 Å². The minimum Gasteiger partial charge on any atom is -0.506 e. The summed E-state index contributed by atoms with van der Waals surface area (Å²) >= 11 is 0. The fourth-order valence-electron chi connectivity index (χ4n) is 3.33. The smallest absolute Gasteiger partial charge is 0.342 e. The third-order valence-electron chi connectivity index (χ3n) is 4.69. The molecule has 0 saturated heterocycles. The van der Waals surface area contributed by atoms with Crippen LogP contribution in [-0.4, -0.2) is 25.3 Å². The maximum absolute atomic E-state index is 12.3. The second-order valence-corrected chi connectivity index (χ2v) is 6.17. The van der Waals surface area contributed by atoms with Gasteiger partial charge in [-0.05, 0) is 23.8 Å². The molecule has 1 aliphatic heterocycles. The monoisotopic (exact) mass is 362 g/mol. The first-order valence-electron chi connectivity index (χ1n) is 8.49. The summed E-state index contributed by atoms with van der Waals surface area (Å²) in [5, 5.41) is 11.9. The molecule has 0 amide bonds. The first-order valence-corrected chi connectivity index (χ1v) is 8.49. The lowest BCUT2D eigenvalue weighted by Crippen LogP contribution is -2.13. The van der Waals surface area contributed by atoms with Gasteiger partial charge in [0.15, 0.2) is 0 Å². The molecular formula is C22H18O5. The summed E-state index contributed by atoms with van der Waals surface area (Å²) in [6.07, 6.45) is 3.33. The topological polar surface area (TPSA) is 65.0 Å². The first kappa shape index (κ1) is 17.0. The molecule has 0 fully saturated rings. The van der Waals surface area contributed by atoms with Crippen molar-refractivity contribution in [2.45, 2.75) is 6.10 Å². The fraction of sp³-hybridized carbons (Fsp3) is 0.136. The van der Waals surface area contributed by atoms with Gasteiger partial charge in [0.05, 0.1) is 14.2 Å². The van der Waals surface area contributed by atoms with E-state index >= 15 is 0 Å². The second kappa shape index (κ2) is 6.68. The van der Waals surface area contributed by atoms with Gasteiger partial charge in [-0.2, -0.15) is 0 Å². The average molecular weight is 362 g/mol. The molecule has 1 atom stereocenters. The van der Waals surface area contributed by atoms with Crippen LogP contribution < -0.4 is 9.47 Å². The highest BCUT2D eigenvalue weighted by molar-refractivity contribution is 6.08. The lowest BCUT2D eigenvalue weighted by atomic mass is 9.94. The van der Waals surface area contributed by atoms with E-state index in [9.17, 15) is 9.90 Å². The summed E-state index contributed by atoms with van der Waals surface area (Å²) in [5.41, 5.74) is 1.58. The van der Waals surface area contributed by atoms with Crippen molar-refractivity contribution in [1.29, 1.82) is 0 Å². The Balaban J connectivity index is 1.87. The Morgan fingerprint density at radius 1 is 1.04 bits per heavy atom. The number of esters is 1. The van der Waals surface area contributed by atoms with E-state index in [4.69, 9.17) is 14.2 Å². The van der Waals surface area contributed by atoms with E-state index < -0.39 is 5.97 Å². The SMILES string of the molecule is COC(=O)c1c2c(c3ccccc3c1O)OC(c1ccc(OC)cc1)C=C2. The van der Waals surface area contributed by atoms with Gasteiger partial charge in [0.25, 0.3) is 0 Å². The lowest BCUT2D eigenvalue weighted by Gasteiger charge is -2.25. The van der Waals surface area contributed by atoms with Gasteiger partial charge in [0.1, 0.15) is 28.9 Å². The summed E-state index contributed by atoms with van der Waals surface area (Å²) in [5.74, 6) is 0.604. The van der Waals surface area contributed by atoms with E-state index in [0.29, 0.717) is 16.7 Å². The van der Waals surface area contributed by atoms with Crippen LogP contribution in [0.1, 0.15) is 27.6 Å². The number of carbonyl (C=O) groups is 1. The van der Waals surface area contributed by atoms with Crippen LogP contribution >= 0.6 is 0 Å². The Morgan fingerprint density at radius 2 is 1.74 bits per heavy atom. The number of methoxy groups -OCH3 is 2. The third kappa shape index (κ3) is 2.77. The zero-order valence-electron chi connectivity index (χ0n) is 14.9. The van der Waals surface area contributed by atoms with E-state index in [1.54, 1.807) is 25.3 Å². The molecule has 4 rings (SSSR count). The van der Waals surface area contributed by atoms with Crippen molar-refractivity contribution in [3.05, 3.63) is 71.3 Å². The molecule has 0 spiro atoms. The summed E-state index contributed by atoms with van der Waals surface area (Å²) in [4.78, 5) is 12.3. The lowest BCUT2D eigenvalue weighted by molar-refractivity contribution is 0.0596. The molecule has 0 aliphatic carbocycles. The molecule has 0 radical (unpaired) electrons. The number of carbonyl (C=O) groups excluding carboxylic acids is 1. The van der Waals surface area contributed by atoms with Crippen LogP contribution in [-0.2, 0) is 4.74 Å². The van der Waals surface area contributed by atoms with E-state index in [-0.39, 0.29) is 17.4 Å². The maximum atomic E-state index is 12.3. The van der Waals surface area contributed by atoms with Gasteiger partial charge in [-0.15, -0.1) is 0 Å². The zero-order valence-corrected chi connectivity index (χ0v) is 14.9. The van der Waals surface area contributed by atoms with Gasteiger partial charge >= 0.3 is 5.97 Å². The highest BCUT2D eigenvalue weighted by Crippen LogP contribution is 2.45. The molecule has 27 heavy (non-hydrogen) atoms. The third-order valence-corrected chi connectivity index (χ3v) is 4.69. The van der Waals surface area contributed by atoms with Crippen LogP contribution in [0, 0.1) is 0 Å². The van der Waals surface area contributed by atoms with Crippen molar-refractivity contribution in [3.63, 3.8) is 0 Å². The second-order valence-electron chi connectivity index (χ2n) is 6.17. The van der Waals surface area contributed by atoms with Crippen molar-refractivity contribution in [1.82, 2.24) is 0 Å². The van der Waals surface area contributed by atoms with Crippen LogP contribution in [0.25, 0.3) is 16.8 Å². The Bertz CT molecular complexity index is 1050. The van der Waals surface area contributed by atoms with Crippen LogP contribution in [0.15, 0.2) is 54.6 Å². The van der Waals surface area contributed by atoms with Crippen LogP contribution in [0.2, 0.25) is 0 Å². The molecule has 136 valence electrons. The normalized spacial score (nSPS) is 15.1. The summed E-state index contributed by atoms with van der Waals surface area (Å²) in [6.45, 7) is 0. The van der Waals surface area contributed by atoms with Crippen LogP contribution in [0.5, 0.6) is 17.2 Å². The predicted octanol–water partition coefficient (Wildman–Crippen LogP) is 4.49. The Morgan fingerprint density at radius 3 is 2.41 bits per heavy atom. The highest BCUT2D eigenvalue weighted by atomic mass is 16.5. The van der Waals surface area contributed by atoms with E-state index in [1.807, 2.05) is 42.5 Å². The van der Waals surface area contributed by atoms with E-state index in [1.165, 1.54) is 7.11 Å². The van der Waals surface area contributed by atoms with Crippen molar-refractivity contribution < 1.29 is 24.1 Å². The van der Waals surface area contributed by atoms with Gasteiger partial charge in [0, 0.05) is 16.3 Å². The van der Waals surface area contributed by atoms with Crippen LogP contribution in [0.3, 0.4) is 0 Å². The van der Waals surface area contributed by atoms with Crippen LogP contribution in [0.4, 0.5) is 0 Å². The van der Waals surface area contributed by atoms with Gasteiger partial charge < -0.3 is 19.3 Å². The number of phenolic OH excluding ortho intramolecular Hbond substituents is 1. The maximum Gasteiger partial charge on any atom is 0.342 e. The standard InChI is InChI=1S/C22H18O5/c1-25-14-9-7-13(8-10-14)18-12-11-17-19(22(24)26-2)20(23)15-5-3-4-6-16(15)21(17)27-18/h3-12,18,23H,1-2H3. The Labute approximate surface area is 156 Å². The van der Waals surface area contributed by atoms with Crippen molar-refractivity contribution >= 4 is 22.8 Å². The minimum atomic E-state index is -0.606. The summed E-state index contributed by atoms with van der Waals surface area (Å²) < 4.78 is 16.3. The van der Waals surface area contributed by atoms with Crippen molar-refractivity contribution in [2.24, 2.45) is 0 Å². The number of aromatic hydroxyl groups is 1. The summed E-state index contributed by atoms with van der Waals surface area (Å²) in [7, 11) is 2.91. The molecule has 1 heterocycles. The molecule has 1 unspecified atom stereocenters. The average Bonchev–Trinajstić information content (AvgIpc) is 2.73. The molecule has 1 N–H and O–H groups in total. The van der Waals surface area contributed by atoms with Gasteiger partial charge in [0.2, 0.25) is 0 Å².